The van der Waals surface area contributed by atoms with E-state index in [4.69, 9.17) is 4.74 Å². The average Bonchev–Trinajstić information content (AvgIpc) is 2.31. The molecular weight excluding hydrogens is 236 g/mol. The van der Waals surface area contributed by atoms with Gasteiger partial charge in [0.25, 0.3) is 0 Å². The maximum atomic E-state index is 5.70. The van der Waals surface area contributed by atoms with E-state index in [2.05, 4.69) is 56.2 Å². The van der Waals surface area contributed by atoms with E-state index in [9.17, 15) is 0 Å². The summed E-state index contributed by atoms with van der Waals surface area (Å²) >= 11 is 0. The van der Waals surface area contributed by atoms with Gasteiger partial charge >= 0.3 is 0 Å². The first-order valence-corrected chi connectivity index (χ1v) is 7.07. The standard InChI is InChI=1S/C16H28N2O/c1-6-19-16-10-9-14(8-7-11-17(2)3)12-15(16)13-18(4)5/h9-10,12H,6-8,11,13H2,1-5H3. The zero-order chi connectivity index (χ0) is 14.3. The Morgan fingerprint density at radius 1 is 1.05 bits per heavy atom. The molecule has 0 aliphatic heterocycles. The molecule has 0 spiro atoms. The minimum atomic E-state index is 0.723. The zero-order valence-electron chi connectivity index (χ0n) is 13.1. The Kier molecular flexibility index (Phi) is 6.89. The molecule has 0 aliphatic carbocycles. The molecule has 1 aromatic rings. The third-order valence-electron chi connectivity index (χ3n) is 2.98. The third kappa shape index (κ3) is 6.08. The fraction of sp³-hybridized carbons (Fsp3) is 0.625. The highest BCUT2D eigenvalue weighted by atomic mass is 16.5. The van der Waals surface area contributed by atoms with Gasteiger partial charge < -0.3 is 14.5 Å². The molecule has 0 atom stereocenters. The van der Waals surface area contributed by atoms with Crippen LogP contribution in [0.2, 0.25) is 0 Å². The SMILES string of the molecule is CCOc1ccc(CCCN(C)C)cc1CN(C)C. The number of hydrogen-bond donors (Lipinski definition) is 0. The number of ether oxygens (including phenoxy) is 1. The normalized spacial score (nSPS) is 11.3. The maximum Gasteiger partial charge on any atom is 0.123 e. The van der Waals surface area contributed by atoms with Gasteiger partial charge in [-0.1, -0.05) is 12.1 Å². The number of hydrogen-bond acceptors (Lipinski definition) is 3. The van der Waals surface area contributed by atoms with Crippen LogP contribution in [0, 0.1) is 0 Å². The van der Waals surface area contributed by atoms with Gasteiger partial charge in [0.2, 0.25) is 0 Å². The van der Waals surface area contributed by atoms with E-state index in [-0.39, 0.29) is 0 Å². The van der Waals surface area contributed by atoms with Crippen LogP contribution in [0.3, 0.4) is 0 Å². The average molecular weight is 264 g/mol. The Morgan fingerprint density at radius 2 is 1.79 bits per heavy atom. The van der Waals surface area contributed by atoms with Crippen molar-refractivity contribution in [2.45, 2.75) is 26.3 Å². The Morgan fingerprint density at radius 3 is 2.37 bits per heavy atom. The van der Waals surface area contributed by atoms with Crippen LogP contribution >= 0.6 is 0 Å². The summed E-state index contributed by atoms with van der Waals surface area (Å²) in [6, 6.07) is 6.60. The molecule has 1 rings (SSSR count). The van der Waals surface area contributed by atoms with Gasteiger partial charge in [-0.25, -0.2) is 0 Å². The molecule has 0 unspecified atom stereocenters. The van der Waals surface area contributed by atoms with Crippen LogP contribution in [0.4, 0.5) is 0 Å². The van der Waals surface area contributed by atoms with Crippen molar-refractivity contribution in [3.05, 3.63) is 29.3 Å². The molecule has 0 amide bonds. The van der Waals surface area contributed by atoms with Crippen molar-refractivity contribution in [2.24, 2.45) is 0 Å². The molecule has 0 N–H and O–H groups in total. The Labute approximate surface area is 118 Å². The Hall–Kier alpha value is -1.06. The van der Waals surface area contributed by atoms with Crippen LogP contribution in [0.15, 0.2) is 18.2 Å². The largest absolute Gasteiger partial charge is 0.494 e. The first-order valence-electron chi connectivity index (χ1n) is 7.07. The van der Waals surface area contributed by atoms with Crippen LogP contribution < -0.4 is 4.74 Å². The van der Waals surface area contributed by atoms with Crippen LogP contribution in [0.5, 0.6) is 5.75 Å². The van der Waals surface area contributed by atoms with E-state index in [1.165, 1.54) is 17.5 Å². The molecule has 108 valence electrons. The molecule has 0 fully saturated rings. The lowest BCUT2D eigenvalue weighted by atomic mass is 10.0. The first-order chi connectivity index (χ1) is 9.02. The lowest BCUT2D eigenvalue weighted by molar-refractivity contribution is 0.324. The molecular formula is C16H28N2O. The lowest BCUT2D eigenvalue weighted by Crippen LogP contribution is -2.14. The molecule has 19 heavy (non-hydrogen) atoms. The molecule has 0 aromatic heterocycles. The smallest absolute Gasteiger partial charge is 0.123 e. The molecule has 0 saturated heterocycles. The summed E-state index contributed by atoms with van der Waals surface area (Å²) in [5, 5.41) is 0. The number of nitrogens with zero attached hydrogens (tertiary/aromatic N) is 2. The predicted octanol–water partition coefficient (Wildman–Crippen LogP) is 2.64. The van der Waals surface area contributed by atoms with Gasteiger partial charge in [0, 0.05) is 12.1 Å². The minimum absolute atomic E-state index is 0.723. The van der Waals surface area contributed by atoms with Crippen molar-refractivity contribution < 1.29 is 4.74 Å². The molecule has 0 aliphatic rings. The van der Waals surface area contributed by atoms with Crippen molar-refractivity contribution in [1.29, 1.82) is 0 Å². The van der Waals surface area contributed by atoms with Gasteiger partial charge in [-0.3, -0.25) is 0 Å². The molecule has 0 radical (unpaired) electrons. The summed E-state index contributed by atoms with van der Waals surface area (Å²) in [5.41, 5.74) is 2.69. The van der Waals surface area contributed by atoms with Gasteiger partial charge in [-0.15, -0.1) is 0 Å². The van der Waals surface area contributed by atoms with Gasteiger partial charge in [-0.05, 0) is 66.1 Å². The Balaban J connectivity index is 2.73. The third-order valence-corrected chi connectivity index (χ3v) is 2.98. The zero-order valence-corrected chi connectivity index (χ0v) is 13.1. The van der Waals surface area contributed by atoms with E-state index >= 15 is 0 Å². The number of aryl methyl sites for hydroxylation is 1. The highest BCUT2D eigenvalue weighted by Crippen LogP contribution is 2.22. The van der Waals surface area contributed by atoms with Gasteiger partial charge in [-0.2, -0.15) is 0 Å². The van der Waals surface area contributed by atoms with E-state index in [1.807, 2.05) is 6.92 Å². The van der Waals surface area contributed by atoms with E-state index in [1.54, 1.807) is 0 Å². The number of rotatable bonds is 8. The minimum Gasteiger partial charge on any atom is -0.494 e. The fourth-order valence-corrected chi connectivity index (χ4v) is 2.15. The van der Waals surface area contributed by atoms with Crippen molar-refractivity contribution >= 4 is 0 Å². The van der Waals surface area contributed by atoms with E-state index < -0.39 is 0 Å². The van der Waals surface area contributed by atoms with E-state index in [0.29, 0.717) is 0 Å². The summed E-state index contributed by atoms with van der Waals surface area (Å²) < 4.78 is 5.70. The predicted molar refractivity (Wildman–Crippen MR) is 81.9 cm³/mol. The van der Waals surface area contributed by atoms with Gasteiger partial charge in [0.05, 0.1) is 6.61 Å². The monoisotopic (exact) mass is 264 g/mol. The van der Waals surface area contributed by atoms with Crippen LogP contribution in [0.1, 0.15) is 24.5 Å². The summed E-state index contributed by atoms with van der Waals surface area (Å²) in [7, 11) is 8.42. The molecule has 0 heterocycles. The molecule has 3 nitrogen and oxygen atoms in total. The molecule has 0 bridgehead atoms. The van der Waals surface area contributed by atoms with Crippen LogP contribution in [0.25, 0.3) is 0 Å². The second-order valence-corrected chi connectivity index (χ2v) is 5.52. The van der Waals surface area contributed by atoms with Crippen molar-refractivity contribution in [3.63, 3.8) is 0 Å². The second kappa shape index (κ2) is 8.18. The van der Waals surface area contributed by atoms with Crippen molar-refractivity contribution in [1.82, 2.24) is 9.80 Å². The highest BCUT2D eigenvalue weighted by molar-refractivity contribution is 5.37. The van der Waals surface area contributed by atoms with Crippen molar-refractivity contribution in [3.8, 4) is 5.75 Å². The molecule has 0 saturated carbocycles. The Bertz CT molecular complexity index is 375. The van der Waals surface area contributed by atoms with E-state index in [0.717, 1.165) is 31.9 Å². The van der Waals surface area contributed by atoms with Gasteiger partial charge in [0.1, 0.15) is 5.75 Å². The summed E-state index contributed by atoms with van der Waals surface area (Å²) in [4.78, 5) is 4.41. The molecule has 1 aromatic carbocycles. The topological polar surface area (TPSA) is 15.7 Å². The van der Waals surface area contributed by atoms with Gasteiger partial charge in [0.15, 0.2) is 0 Å². The second-order valence-electron chi connectivity index (χ2n) is 5.52. The van der Waals surface area contributed by atoms with Crippen LogP contribution in [-0.2, 0) is 13.0 Å². The molecule has 3 heteroatoms. The number of benzene rings is 1. The summed E-state index contributed by atoms with van der Waals surface area (Å²) in [6.07, 6.45) is 2.33. The van der Waals surface area contributed by atoms with Crippen LogP contribution in [-0.4, -0.2) is 51.1 Å². The lowest BCUT2D eigenvalue weighted by Gasteiger charge is -2.16. The highest BCUT2D eigenvalue weighted by Gasteiger charge is 2.06. The first kappa shape index (κ1) is 16.0. The fourth-order valence-electron chi connectivity index (χ4n) is 2.15. The summed E-state index contributed by atoms with van der Waals surface area (Å²) in [6.45, 7) is 4.82. The quantitative estimate of drug-likeness (QED) is 0.718. The summed E-state index contributed by atoms with van der Waals surface area (Å²) in [5.74, 6) is 1.02. The maximum absolute atomic E-state index is 5.70. The van der Waals surface area contributed by atoms with Crippen molar-refractivity contribution in [2.75, 3.05) is 41.3 Å².